The molecule has 2 aromatic carbocycles. The largest absolute Gasteiger partial charge is 0.489 e. The van der Waals surface area contributed by atoms with Gasteiger partial charge in [0.2, 0.25) is 0 Å². The van der Waals surface area contributed by atoms with Crippen LogP contribution in [0, 0.1) is 0 Å². The van der Waals surface area contributed by atoms with Gasteiger partial charge in [-0.3, -0.25) is 0 Å². The quantitative estimate of drug-likeness (QED) is 0.832. The van der Waals surface area contributed by atoms with Gasteiger partial charge in [-0.2, -0.15) is 0 Å². The van der Waals surface area contributed by atoms with Crippen molar-refractivity contribution in [3.05, 3.63) is 65.7 Å². The summed E-state index contributed by atoms with van der Waals surface area (Å²) in [6.07, 6.45) is 2.75. The molecule has 1 N–H and O–H groups in total. The molecule has 23 heavy (non-hydrogen) atoms. The van der Waals surface area contributed by atoms with Crippen molar-refractivity contribution in [1.82, 2.24) is 5.32 Å². The Hall–Kier alpha value is -1.55. The van der Waals surface area contributed by atoms with Crippen molar-refractivity contribution in [1.29, 1.82) is 0 Å². The first-order valence-corrected chi connectivity index (χ1v) is 7.98. The van der Waals surface area contributed by atoms with E-state index in [0.29, 0.717) is 12.7 Å². The van der Waals surface area contributed by atoms with Crippen molar-refractivity contribution < 1.29 is 9.47 Å². The number of rotatable bonds is 7. The van der Waals surface area contributed by atoms with Crippen molar-refractivity contribution >= 4 is 12.4 Å². The van der Waals surface area contributed by atoms with E-state index >= 15 is 0 Å². The molecule has 1 aliphatic rings. The summed E-state index contributed by atoms with van der Waals surface area (Å²) in [6.45, 7) is 3.29. The summed E-state index contributed by atoms with van der Waals surface area (Å²) >= 11 is 0. The summed E-state index contributed by atoms with van der Waals surface area (Å²) in [4.78, 5) is 0. The van der Waals surface area contributed by atoms with Crippen LogP contribution in [0.2, 0.25) is 0 Å². The van der Waals surface area contributed by atoms with E-state index in [0.717, 1.165) is 25.4 Å². The summed E-state index contributed by atoms with van der Waals surface area (Å²) in [5, 5.41) is 3.46. The van der Waals surface area contributed by atoms with Crippen molar-refractivity contribution in [2.24, 2.45) is 0 Å². The Labute approximate surface area is 144 Å². The van der Waals surface area contributed by atoms with Gasteiger partial charge < -0.3 is 14.8 Å². The molecule has 0 spiro atoms. The maximum absolute atomic E-state index is 5.86. The molecular weight excluding hydrogens is 310 g/mol. The smallest absolute Gasteiger partial charge is 0.120 e. The van der Waals surface area contributed by atoms with Crippen LogP contribution in [-0.2, 0) is 17.9 Å². The molecule has 1 fully saturated rings. The molecule has 0 aliphatic carbocycles. The predicted molar refractivity (Wildman–Crippen MR) is 95.1 cm³/mol. The first-order chi connectivity index (χ1) is 10.9. The highest BCUT2D eigenvalue weighted by Gasteiger charge is 2.14. The molecule has 1 saturated heterocycles. The van der Waals surface area contributed by atoms with Crippen molar-refractivity contribution in [3.8, 4) is 5.75 Å². The van der Waals surface area contributed by atoms with Gasteiger partial charge in [0.1, 0.15) is 12.4 Å². The molecule has 4 heteroatoms. The van der Waals surface area contributed by atoms with Crippen molar-refractivity contribution in [3.63, 3.8) is 0 Å². The van der Waals surface area contributed by atoms with Crippen LogP contribution in [-0.4, -0.2) is 19.3 Å². The van der Waals surface area contributed by atoms with Crippen LogP contribution in [0.25, 0.3) is 0 Å². The lowest BCUT2D eigenvalue weighted by Crippen LogP contribution is -2.25. The Morgan fingerprint density at radius 3 is 2.65 bits per heavy atom. The highest BCUT2D eigenvalue weighted by Crippen LogP contribution is 2.16. The molecule has 3 rings (SSSR count). The number of benzene rings is 2. The highest BCUT2D eigenvalue weighted by atomic mass is 35.5. The Bertz CT molecular complexity index is 571. The zero-order valence-corrected chi connectivity index (χ0v) is 14.1. The molecule has 2 aromatic rings. The van der Waals surface area contributed by atoms with E-state index in [4.69, 9.17) is 9.47 Å². The monoisotopic (exact) mass is 333 g/mol. The number of halogens is 1. The molecule has 1 heterocycles. The van der Waals surface area contributed by atoms with E-state index in [1.165, 1.54) is 24.0 Å². The molecule has 0 radical (unpaired) electrons. The zero-order valence-electron chi connectivity index (χ0n) is 13.2. The zero-order chi connectivity index (χ0) is 15.0. The van der Waals surface area contributed by atoms with Gasteiger partial charge in [-0.25, -0.2) is 0 Å². The van der Waals surface area contributed by atoms with Crippen LogP contribution < -0.4 is 10.1 Å². The minimum Gasteiger partial charge on any atom is -0.489 e. The fraction of sp³-hybridized carbons (Fsp3) is 0.368. The molecule has 124 valence electrons. The minimum atomic E-state index is 0. The third-order valence-electron chi connectivity index (χ3n) is 3.87. The SMILES string of the molecule is Cl.c1ccc(COc2cccc(CNCC3CCCO3)c2)cc1. The Morgan fingerprint density at radius 2 is 1.87 bits per heavy atom. The molecule has 0 saturated carbocycles. The van der Waals surface area contributed by atoms with E-state index in [1.54, 1.807) is 0 Å². The second kappa shape index (κ2) is 9.56. The normalized spacial score (nSPS) is 16.8. The lowest BCUT2D eigenvalue weighted by atomic mass is 10.2. The molecule has 1 aliphatic heterocycles. The molecule has 0 bridgehead atoms. The highest BCUT2D eigenvalue weighted by molar-refractivity contribution is 5.85. The van der Waals surface area contributed by atoms with Gasteiger partial charge in [0.15, 0.2) is 0 Å². The topological polar surface area (TPSA) is 30.5 Å². The first-order valence-electron chi connectivity index (χ1n) is 7.98. The summed E-state index contributed by atoms with van der Waals surface area (Å²) in [5.41, 5.74) is 2.42. The second-order valence-electron chi connectivity index (χ2n) is 5.69. The average molecular weight is 334 g/mol. The van der Waals surface area contributed by atoms with E-state index in [2.05, 4.69) is 29.6 Å². The van der Waals surface area contributed by atoms with Crippen LogP contribution in [0.4, 0.5) is 0 Å². The number of hydrogen-bond acceptors (Lipinski definition) is 3. The fourth-order valence-electron chi connectivity index (χ4n) is 2.67. The van der Waals surface area contributed by atoms with Gasteiger partial charge in [0.25, 0.3) is 0 Å². The maximum Gasteiger partial charge on any atom is 0.120 e. The lowest BCUT2D eigenvalue weighted by molar-refractivity contribution is 0.110. The third-order valence-corrected chi connectivity index (χ3v) is 3.87. The first kappa shape index (κ1) is 17.8. The Balaban J connectivity index is 0.00000192. The molecule has 3 nitrogen and oxygen atoms in total. The Morgan fingerprint density at radius 1 is 1.04 bits per heavy atom. The van der Waals surface area contributed by atoms with Crippen molar-refractivity contribution in [2.75, 3.05) is 13.2 Å². The predicted octanol–water partition coefficient (Wildman–Crippen LogP) is 3.96. The lowest BCUT2D eigenvalue weighted by Gasteiger charge is -2.12. The van der Waals surface area contributed by atoms with Gasteiger partial charge in [0.05, 0.1) is 6.10 Å². The van der Waals surface area contributed by atoms with E-state index < -0.39 is 0 Å². The van der Waals surface area contributed by atoms with Crippen LogP contribution >= 0.6 is 12.4 Å². The average Bonchev–Trinajstić information content (AvgIpc) is 3.08. The number of nitrogens with one attached hydrogen (secondary N) is 1. The van der Waals surface area contributed by atoms with Gasteiger partial charge in [0, 0.05) is 19.7 Å². The Kier molecular flexibility index (Phi) is 7.40. The molecule has 0 amide bonds. The van der Waals surface area contributed by atoms with E-state index in [9.17, 15) is 0 Å². The molecule has 1 atom stereocenters. The van der Waals surface area contributed by atoms with Gasteiger partial charge in [-0.05, 0) is 36.1 Å². The summed E-state index contributed by atoms with van der Waals surface area (Å²) in [5.74, 6) is 0.917. The van der Waals surface area contributed by atoms with Gasteiger partial charge in [-0.15, -0.1) is 12.4 Å². The van der Waals surface area contributed by atoms with Gasteiger partial charge >= 0.3 is 0 Å². The maximum atomic E-state index is 5.86. The third kappa shape index (κ3) is 5.87. The van der Waals surface area contributed by atoms with E-state index in [1.807, 2.05) is 30.3 Å². The number of hydrogen-bond donors (Lipinski definition) is 1. The second-order valence-corrected chi connectivity index (χ2v) is 5.69. The minimum absolute atomic E-state index is 0. The van der Waals surface area contributed by atoms with Gasteiger partial charge in [-0.1, -0.05) is 42.5 Å². The standard InChI is InChI=1S/C19H23NO2.ClH/c1-2-6-16(7-3-1)15-22-18-9-4-8-17(12-18)13-20-14-19-10-5-11-21-19;/h1-4,6-9,12,19-20H,5,10-11,13-15H2;1H. The summed E-state index contributed by atoms with van der Waals surface area (Å²) < 4.78 is 11.5. The van der Waals surface area contributed by atoms with Crippen LogP contribution in [0.3, 0.4) is 0 Å². The summed E-state index contributed by atoms with van der Waals surface area (Å²) in [7, 11) is 0. The molecule has 0 aromatic heterocycles. The van der Waals surface area contributed by atoms with Crippen LogP contribution in [0.15, 0.2) is 54.6 Å². The van der Waals surface area contributed by atoms with Crippen molar-refractivity contribution in [2.45, 2.75) is 32.1 Å². The summed E-state index contributed by atoms with van der Waals surface area (Å²) in [6, 6.07) is 18.5. The molecular formula is C19H24ClNO2. The van der Waals surface area contributed by atoms with E-state index in [-0.39, 0.29) is 12.4 Å². The van der Waals surface area contributed by atoms with Crippen LogP contribution in [0.1, 0.15) is 24.0 Å². The fourth-order valence-corrected chi connectivity index (χ4v) is 2.67. The molecule has 1 unspecified atom stereocenters. The number of ether oxygens (including phenoxy) is 2. The van der Waals surface area contributed by atoms with Crippen LogP contribution in [0.5, 0.6) is 5.75 Å².